The largest absolute Gasteiger partial charge is 0.247 e. The molecule has 0 heterocycles. The minimum Gasteiger partial charge on any atom is -0.247 e. The predicted molar refractivity (Wildman–Crippen MR) is 135 cm³/mol. The molecule has 0 saturated carbocycles. The molecule has 0 fully saturated rings. The molecule has 0 bridgehead atoms. The quantitative estimate of drug-likeness (QED) is 0.171. The second-order valence-corrected chi connectivity index (χ2v) is 8.11. The van der Waals surface area contributed by atoms with Crippen LogP contribution in [-0.4, -0.2) is 18.1 Å². The van der Waals surface area contributed by atoms with Crippen LogP contribution in [0, 0.1) is 0 Å². The van der Waals surface area contributed by atoms with Crippen molar-refractivity contribution in [1.82, 2.24) is 0 Å². The van der Waals surface area contributed by atoms with Gasteiger partial charge in [0.25, 0.3) is 0 Å². The van der Waals surface area contributed by atoms with Gasteiger partial charge in [0.1, 0.15) is 11.9 Å². The Kier molecular flexibility index (Phi) is 9.37. The smallest absolute Gasteiger partial charge is 0.104 e. The summed E-state index contributed by atoms with van der Waals surface area (Å²) in [6, 6.07) is 26.4. The molecule has 32 heavy (non-hydrogen) atoms. The van der Waals surface area contributed by atoms with Gasteiger partial charge < -0.3 is 0 Å². The molecule has 0 spiro atoms. The monoisotopic (exact) mass is 428 g/mol. The Morgan fingerprint density at radius 3 is 2.25 bits per heavy atom. The summed E-state index contributed by atoms with van der Waals surface area (Å²) < 4.78 is 14.3. The number of rotatable bonds is 11. The molecule has 0 aromatic heterocycles. The fourth-order valence-electron chi connectivity index (χ4n) is 3.78. The molecular formula is C29H33FN2. The van der Waals surface area contributed by atoms with E-state index >= 15 is 0 Å². The Balaban J connectivity index is 1.80. The molecule has 3 aromatic rings. The van der Waals surface area contributed by atoms with Gasteiger partial charge >= 0.3 is 0 Å². The van der Waals surface area contributed by atoms with Crippen LogP contribution in [0.4, 0.5) is 4.39 Å². The second-order valence-electron chi connectivity index (χ2n) is 8.11. The first-order valence-electron chi connectivity index (χ1n) is 11.7. The Bertz CT molecular complexity index is 1010. The van der Waals surface area contributed by atoms with Gasteiger partial charge in [-0.2, -0.15) is 5.10 Å². The molecule has 0 N–H and O–H groups in total. The lowest BCUT2D eigenvalue weighted by atomic mass is 9.98. The van der Waals surface area contributed by atoms with Crippen molar-refractivity contribution in [2.24, 2.45) is 10.2 Å². The van der Waals surface area contributed by atoms with Gasteiger partial charge in [-0.1, -0.05) is 112 Å². The zero-order valence-electron chi connectivity index (χ0n) is 19.2. The SMILES string of the molecule is CCCCCC(F)Cc1ccc(C(=NN=Cc2ccccc2CC)c2ccccc2)cc1. The Morgan fingerprint density at radius 1 is 0.844 bits per heavy atom. The fraction of sp³-hybridized carbons (Fsp3) is 0.310. The van der Waals surface area contributed by atoms with E-state index in [9.17, 15) is 4.39 Å². The van der Waals surface area contributed by atoms with Crippen LogP contribution in [0.2, 0.25) is 0 Å². The van der Waals surface area contributed by atoms with Gasteiger partial charge in [-0.25, -0.2) is 4.39 Å². The predicted octanol–water partition coefficient (Wildman–Crippen LogP) is 7.58. The fourth-order valence-corrected chi connectivity index (χ4v) is 3.78. The highest BCUT2D eigenvalue weighted by molar-refractivity contribution is 6.13. The van der Waals surface area contributed by atoms with Crippen molar-refractivity contribution in [1.29, 1.82) is 0 Å². The van der Waals surface area contributed by atoms with Gasteiger partial charge in [0.2, 0.25) is 0 Å². The molecule has 2 nitrogen and oxygen atoms in total. The summed E-state index contributed by atoms with van der Waals surface area (Å²) in [5, 5.41) is 9.01. The van der Waals surface area contributed by atoms with Crippen LogP contribution in [-0.2, 0) is 12.8 Å². The first-order valence-corrected chi connectivity index (χ1v) is 11.7. The van der Waals surface area contributed by atoms with E-state index in [1.54, 1.807) is 0 Å². The minimum absolute atomic E-state index is 0.466. The number of unbranched alkanes of at least 4 members (excludes halogenated alkanes) is 2. The number of aryl methyl sites for hydroxylation is 1. The number of hydrogen-bond acceptors (Lipinski definition) is 2. The molecule has 0 saturated heterocycles. The van der Waals surface area contributed by atoms with Crippen molar-refractivity contribution in [3.63, 3.8) is 0 Å². The molecule has 1 unspecified atom stereocenters. The van der Waals surface area contributed by atoms with E-state index in [1.165, 1.54) is 5.56 Å². The van der Waals surface area contributed by atoms with Crippen molar-refractivity contribution in [3.05, 3.63) is 107 Å². The average Bonchev–Trinajstić information content (AvgIpc) is 2.83. The van der Waals surface area contributed by atoms with Crippen LogP contribution in [0.5, 0.6) is 0 Å². The highest BCUT2D eigenvalue weighted by atomic mass is 19.1. The lowest BCUT2D eigenvalue weighted by Gasteiger charge is -2.10. The maximum Gasteiger partial charge on any atom is 0.104 e. The standard InChI is InChI=1S/C29H33FN2/c1-3-5-7-16-28(30)21-23-17-19-26(20-18-23)29(25-13-8-6-9-14-25)32-31-22-27-15-11-10-12-24(27)4-2/h6,8-15,17-20,22,28H,3-5,7,16,21H2,1-2H3. The topological polar surface area (TPSA) is 24.7 Å². The Labute approximate surface area is 191 Å². The number of halogens is 1. The maximum atomic E-state index is 14.3. The van der Waals surface area contributed by atoms with Crippen molar-refractivity contribution in [2.75, 3.05) is 0 Å². The summed E-state index contributed by atoms with van der Waals surface area (Å²) in [7, 11) is 0. The first-order chi connectivity index (χ1) is 15.7. The lowest BCUT2D eigenvalue weighted by Crippen LogP contribution is -2.06. The van der Waals surface area contributed by atoms with Crippen molar-refractivity contribution in [3.8, 4) is 0 Å². The molecule has 0 amide bonds. The van der Waals surface area contributed by atoms with Crippen LogP contribution < -0.4 is 0 Å². The zero-order chi connectivity index (χ0) is 22.6. The van der Waals surface area contributed by atoms with E-state index in [1.807, 2.05) is 72.9 Å². The zero-order valence-corrected chi connectivity index (χ0v) is 19.2. The molecule has 1 atom stereocenters. The first kappa shape index (κ1) is 23.6. The van der Waals surface area contributed by atoms with Crippen molar-refractivity contribution < 1.29 is 4.39 Å². The van der Waals surface area contributed by atoms with E-state index in [0.29, 0.717) is 12.8 Å². The molecule has 0 aliphatic carbocycles. The molecular weight excluding hydrogens is 395 g/mol. The van der Waals surface area contributed by atoms with Gasteiger partial charge in [-0.15, -0.1) is 5.10 Å². The van der Waals surface area contributed by atoms with Crippen LogP contribution >= 0.6 is 0 Å². The van der Waals surface area contributed by atoms with Crippen LogP contribution in [0.1, 0.15) is 67.3 Å². The van der Waals surface area contributed by atoms with Crippen molar-refractivity contribution in [2.45, 2.75) is 58.5 Å². The number of benzene rings is 3. The molecule has 3 rings (SSSR count). The van der Waals surface area contributed by atoms with Crippen LogP contribution in [0.25, 0.3) is 0 Å². The summed E-state index contributed by atoms with van der Waals surface area (Å²) in [5.41, 5.74) is 6.13. The molecule has 0 radical (unpaired) electrons. The van der Waals surface area contributed by atoms with Gasteiger partial charge in [0.15, 0.2) is 0 Å². The number of alkyl halides is 1. The molecule has 3 heteroatoms. The Morgan fingerprint density at radius 2 is 1.53 bits per heavy atom. The molecule has 0 aliphatic rings. The average molecular weight is 429 g/mol. The Hall–Kier alpha value is -3.07. The van der Waals surface area contributed by atoms with Gasteiger partial charge in [-0.05, 0) is 29.5 Å². The highest BCUT2D eigenvalue weighted by Crippen LogP contribution is 2.17. The second kappa shape index (κ2) is 12.7. The summed E-state index contributed by atoms with van der Waals surface area (Å²) in [4.78, 5) is 0. The minimum atomic E-state index is -0.780. The van der Waals surface area contributed by atoms with Gasteiger partial charge in [0.05, 0.1) is 6.21 Å². The highest BCUT2D eigenvalue weighted by Gasteiger charge is 2.10. The van der Waals surface area contributed by atoms with E-state index in [2.05, 4.69) is 36.2 Å². The van der Waals surface area contributed by atoms with E-state index in [4.69, 9.17) is 0 Å². The third-order valence-electron chi connectivity index (χ3n) is 5.64. The van der Waals surface area contributed by atoms with Crippen molar-refractivity contribution >= 4 is 11.9 Å². The van der Waals surface area contributed by atoms with E-state index < -0.39 is 6.17 Å². The van der Waals surface area contributed by atoms with Crippen LogP contribution in [0.3, 0.4) is 0 Å². The van der Waals surface area contributed by atoms with E-state index in [0.717, 1.165) is 53.6 Å². The summed E-state index contributed by atoms with van der Waals surface area (Å²) >= 11 is 0. The normalized spacial score (nSPS) is 12.9. The summed E-state index contributed by atoms with van der Waals surface area (Å²) in [6.45, 7) is 4.28. The summed E-state index contributed by atoms with van der Waals surface area (Å²) in [6.07, 6.45) is 6.27. The number of nitrogens with zero attached hydrogens (tertiary/aromatic N) is 2. The third kappa shape index (κ3) is 6.98. The molecule has 0 aliphatic heterocycles. The molecule has 3 aromatic carbocycles. The van der Waals surface area contributed by atoms with E-state index in [-0.39, 0.29) is 0 Å². The van der Waals surface area contributed by atoms with Crippen LogP contribution in [0.15, 0.2) is 89.1 Å². The maximum absolute atomic E-state index is 14.3. The summed E-state index contributed by atoms with van der Waals surface area (Å²) in [5.74, 6) is 0. The number of hydrogen-bond donors (Lipinski definition) is 0. The van der Waals surface area contributed by atoms with Gasteiger partial charge in [-0.3, -0.25) is 0 Å². The lowest BCUT2D eigenvalue weighted by molar-refractivity contribution is 0.304. The van der Waals surface area contributed by atoms with Gasteiger partial charge in [0, 0.05) is 17.5 Å². The third-order valence-corrected chi connectivity index (χ3v) is 5.64. The molecule has 166 valence electrons.